The minimum atomic E-state index is -3.64. The molecule has 0 radical (unpaired) electrons. The molecule has 5 nitrogen and oxygen atoms in total. The number of rotatable bonds is 5. The van der Waals surface area contributed by atoms with Gasteiger partial charge in [-0.15, -0.1) is 4.83 Å². The number of hydrazine groups is 1. The molecule has 1 saturated heterocycles. The van der Waals surface area contributed by atoms with Crippen LogP contribution in [0.1, 0.15) is 48.8 Å². The Morgan fingerprint density at radius 1 is 1.11 bits per heavy atom. The van der Waals surface area contributed by atoms with E-state index in [9.17, 15) is 8.42 Å². The third-order valence-corrected chi connectivity index (χ3v) is 7.44. The van der Waals surface area contributed by atoms with Crippen LogP contribution in [-0.2, 0) is 16.4 Å². The van der Waals surface area contributed by atoms with Gasteiger partial charge in [0.15, 0.2) is 0 Å². The maximum Gasteiger partial charge on any atom is 0.253 e. The summed E-state index contributed by atoms with van der Waals surface area (Å²) in [4.78, 5) is 3.29. The van der Waals surface area contributed by atoms with Crippen LogP contribution >= 0.6 is 0 Å². The normalized spacial score (nSPS) is 23.3. The highest BCUT2D eigenvalue weighted by Crippen LogP contribution is 2.39. The Bertz CT molecular complexity index is 929. The van der Waals surface area contributed by atoms with Crippen molar-refractivity contribution in [2.24, 2.45) is 0 Å². The molecule has 0 aromatic heterocycles. The first-order valence-electron chi connectivity index (χ1n) is 10.3. The standard InChI is InChI=1S/C22H29N3O2S/c1-2-18-16-23-14-15-25(18)24-28(26,27)22-13-6-5-11-21(22)20-12-7-9-17-8-3-4-10-19(17)20/h3-6,8,10-11,13,18,20,23-24H,2,7,9,12,14-16H2,1H3. The Hall–Kier alpha value is -1.73. The van der Waals surface area contributed by atoms with Crippen LogP contribution < -0.4 is 10.1 Å². The van der Waals surface area contributed by atoms with Gasteiger partial charge in [-0.1, -0.05) is 49.4 Å². The van der Waals surface area contributed by atoms with E-state index < -0.39 is 10.0 Å². The highest BCUT2D eigenvalue weighted by molar-refractivity contribution is 7.89. The summed E-state index contributed by atoms with van der Waals surface area (Å²) < 4.78 is 26.7. The lowest BCUT2D eigenvalue weighted by molar-refractivity contribution is 0.131. The number of piperazine rings is 1. The van der Waals surface area contributed by atoms with E-state index in [1.807, 2.05) is 23.2 Å². The van der Waals surface area contributed by atoms with Gasteiger partial charge in [0.25, 0.3) is 10.0 Å². The fraction of sp³-hybridized carbons (Fsp3) is 0.455. The van der Waals surface area contributed by atoms with Crippen LogP contribution in [0.25, 0.3) is 0 Å². The van der Waals surface area contributed by atoms with Gasteiger partial charge < -0.3 is 5.32 Å². The minimum absolute atomic E-state index is 0.128. The Labute approximate surface area is 168 Å². The molecule has 1 aliphatic heterocycles. The summed E-state index contributed by atoms with van der Waals surface area (Å²) in [5.41, 5.74) is 3.52. The molecule has 1 aliphatic carbocycles. The molecule has 2 aromatic carbocycles. The number of nitrogens with one attached hydrogen (secondary N) is 2. The Kier molecular flexibility index (Phi) is 5.83. The van der Waals surface area contributed by atoms with E-state index in [2.05, 4.69) is 41.3 Å². The summed E-state index contributed by atoms with van der Waals surface area (Å²) in [6.07, 6.45) is 4.03. The van der Waals surface area contributed by atoms with Gasteiger partial charge in [-0.2, -0.15) is 0 Å². The van der Waals surface area contributed by atoms with Gasteiger partial charge >= 0.3 is 0 Å². The zero-order chi connectivity index (χ0) is 19.6. The molecule has 2 aliphatic rings. The fourth-order valence-corrected chi connectivity index (χ4v) is 5.97. The smallest absolute Gasteiger partial charge is 0.253 e. The van der Waals surface area contributed by atoms with E-state index in [-0.39, 0.29) is 12.0 Å². The largest absolute Gasteiger partial charge is 0.314 e. The van der Waals surface area contributed by atoms with Crippen LogP contribution in [0.3, 0.4) is 0 Å². The zero-order valence-electron chi connectivity index (χ0n) is 16.4. The van der Waals surface area contributed by atoms with Crippen LogP contribution in [0.15, 0.2) is 53.4 Å². The first-order valence-corrected chi connectivity index (χ1v) is 11.7. The second-order valence-corrected chi connectivity index (χ2v) is 9.37. The molecule has 0 saturated carbocycles. The van der Waals surface area contributed by atoms with Crippen LogP contribution in [0.2, 0.25) is 0 Å². The van der Waals surface area contributed by atoms with Crippen molar-refractivity contribution in [3.05, 3.63) is 65.2 Å². The number of aryl methyl sites for hydroxylation is 1. The van der Waals surface area contributed by atoms with E-state index in [4.69, 9.17) is 0 Å². The molecular formula is C22H29N3O2S. The summed E-state index contributed by atoms with van der Waals surface area (Å²) >= 11 is 0. The zero-order valence-corrected chi connectivity index (χ0v) is 17.2. The first kappa shape index (κ1) is 19.6. The number of fused-ring (bicyclic) bond motifs is 1. The maximum atomic E-state index is 13.4. The number of hydrogen-bond donors (Lipinski definition) is 2. The van der Waals surface area contributed by atoms with E-state index in [0.717, 1.165) is 44.3 Å². The van der Waals surface area contributed by atoms with Crippen molar-refractivity contribution < 1.29 is 8.42 Å². The Morgan fingerprint density at radius 3 is 2.68 bits per heavy atom. The van der Waals surface area contributed by atoms with Crippen molar-refractivity contribution in [3.8, 4) is 0 Å². The Morgan fingerprint density at radius 2 is 1.86 bits per heavy atom. The number of benzene rings is 2. The molecule has 1 fully saturated rings. The molecule has 2 atom stereocenters. The van der Waals surface area contributed by atoms with Crippen molar-refractivity contribution in [1.29, 1.82) is 0 Å². The molecule has 2 aromatic rings. The quantitative estimate of drug-likeness (QED) is 0.811. The summed E-state index contributed by atoms with van der Waals surface area (Å²) in [6.45, 7) is 4.35. The molecule has 6 heteroatoms. The molecule has 4 rings (SSSR count). The van der Waals surface area contributed by atoms with Gasteiger partial charge in [-0.05, 0) is 48.4 Å². The topological polar surface area (TPSA) is 61.4 Å². The van der Waals surface area contributed by atoms with E-state index in [1.165, 1.54) is 11.1 Å². The second kappa shape index (κ2) is 8.33. The number of nitrogens with zero attached hydrogens (tertiary/aromatic N) is 1. The lowest BCUT2D eigenvalue weighted by atomic mass is 9.79. The van der Waals surface area contributed by atoms with Crippen molar-refractivity contribution in [2.45, 2.75) is 49.5 Å². The molecule has 2 N–H and O–H groups in total. The summed E-state index contributed by atoms with van der Waals surface area (Å²) in [7, 11) is -3.64. The SMILES string of the molecule is CCC1CNCCN1NS(=O)(=O)c1ccccc1C1CCCc2ccccc21. The maximum absolute atomic E-state index is 13.4. The van der Waals surface area contributed by atoms with Gasteiger partial charge in [0, 0.05) is 31.6 Å². The van der Waals surface area contributed by atoms with Crippen molar-refractivity contribution in [2.75, 3.05) is 19.6 Å². The third-order valence-electron chi connectivity index (χ3n) is 6.01. The highest BCUT2D eigenvalue weighted by atomic mass is 32.2. The Balaban J connectivity index is 1.68. The monoisotopic (exact) mass is 399 g/mol. The molecule has 28 heavy (non-hydrogen) atoms. The highest BCUT2D eigenvalue weighted by Gasteiger charge is 2.30. The van der Waals surface area contributed by atoms with E-state index >= 15 is 0 Å². The van der Waals surface area contributed by atoms with Crippen molar-refractivity contribution in [1.82, 2.24) is 15.2 Å². The average molecular weight is 400 g/mol. The molecule has 1 heterocycles. The molecule has 0 spiro atoms. The molecule has 0 bridgehead atoms. The van der Waals surface area contributed by atoms with Crippen LogP contribution in [0.4, 0.5) is 0 Å². The van der Waals surface area contributed by atoms with Gasteiger partial charge in [0.05, 0.1) is 4.90 Å². The molecular weight excluding hydrogens is 370 g/mol. The summed E-state index contributed by atoms with van der Waals surface area (Å²) in [5, 5.41) is 5.23. The lowest BCUT2D eigenvalue weighted by Crippen LogP contribution is -2.57. The van der Waals surface area contributed by atoms with Gasteiger partial charge in [-0.3, -0.25) is 0 Å². The first-order chi connectivity index (χ1) is 13.6. The van der Waals surface area contributed by atoms with Crippen LogP contribution in [-0.4, -0.2) is 39.1 Å². The van der Waals surface area contributed by atoms with Crippen molar-refractivity contribution in [3.63, 3.8) is 0 Å². The van der Waals surface area contributed by atoms with Gasteiger partial charge in [0.1, 0.15) is 0 Å². The van der Waals surface area contributed by atoms with E-state index in [1.54, 1.807) is 6.07 Å². The molecule has 0 amide bonds. The van der Waals surface area contributed by atoms with Gasteiger partial charge in [0.2, 0.25) is 0 Å². The predicted octanol–water partition coefficient (Wildman–Crippen LogP) is 3.03. The second-order valence-electron chi connectivity index (χ2n) is 7.74. The van der Waals surface area contributed by atoms with Gasteiger partial charge in [-0.25, -0.2) is 13.4 Å². The van der Waals surface area contributed by atoms with Crippen molar-refractivity contribution >= 4 is 10.0 Å². The lowest BCUT2D eigenvalue weighted by Gasteiger charge is -2.35. The third kappa shape index (κ3) is 3.87. The number of hydrogen-bond acceptors (Lipinski definition) is 4. The molecule has 2 unspecified atom stereocenters. The fourth-order valence-electron chi connectivity index (χ4n) is 4.54. The number of sulfonamides is 1. The average Bonchev–Trinajstić information content (AvgIpc) is 2.73. The summed E-state index contributed by atoms with van der Waals surface area (Å²) in [6, 6.07) is 16.1. The molecule has 150 valence electrons. The summed E-state index contributed by atoms with van der Waals surface area (Å²) in [5.74, 6) is 0.128. The van der Waals surface area contributed by atoms with Crippen LogP contribution in [0, 0.1) is 0 Å². The minimum Gasteiger partial charge on any atom is -0.314 e. The van der Waals surface area contributed by atoms with E-state index in [0.29, 0.717) is 11.4 Å². The predicted molar refractivity (Wildman–Crippen MR) is 112 cm³/mol. The van der Waals surface area contributed by atoms with Crippen LogP contribution in [0.5, 0.6) is 0 Å².